The molecule has 0 aliphatic heterocycles. The van der Waals surface area contributed by atoms with Crippen molar-refractivity contribution in [3.63, 3.8) is 0 Å². The molecule has 2 aromatic carbocycles. The molecular weight excluding hydrogens is 459 g/mol. The Hall–Kier alpha value is -3.40. The van der Waals surface area contributed by atoms with Crippen LogP contribution in [0.15, 0.2) is 58.1 Å². The van der Waals surface area contributed by atoms with Gasteiger partial charge < -0.3 is 9.47 Å². The van der Waals surface area contributed by atoms with Crippen molar-refractivity contribution in [2.24, 2.45) is 5.10 Å². The zero-order valence-electron chi connectivity index (χ0n) is 15.8. The highest BCUT2D eigenvalue weighted by molar-refractivity contribution is 9.10. The van der Waals surface area contributed by atoms with Gasteiger partial charge in [0.1, 0.15) is 5.82 Å². The van der Waals surface area contributed by atoms with Crippen LogP contribution in [0.4, 0.5) is 4.39 Å². The van der Waals surface area contributed by atoms with E-state index in [0.29, 0.717) is 11.1 Å². The number of ether oxygens (including phenoxy) is 2. The molecule has 3 aromatic rings. The first kappa shape index (κ1) is 21.3. The molecule has 0 N–H and O–H groups in total. The topological polar surface area (TPSA) is 95.7 Å². The largest absolute Gasteiger partial charge is 0.466 e. The molecule has 1 aromatic heterocycles. The number of esters is 1. The highest BCUT2D eigenvalue weighted by Gasteiger charge is 2.23. The van der Waals surface area contributed by atoms with E-state index in [1.54, 1.807) is 37.3 Å². The molecule has 0 bridgehead atoms. The lowest BCUT2D eigenvalue weighted by molar-refractivity contribution is 0.0512. The minimum atomic E-state index is -0.768. The molecule has 0 aliphatic rings. The summed E-state index contributed by atoms with van der Waals surface area (Å²) in [7, 11) is 0. The van der Waals surface area contributed by atoms with Gasteiger partial charge in [0.15, 0.2) is 12.4 Å². The lowest BCUT2D eigenvalue weighted by Gasteiger charge is -2.07. The number of hydrogen-bond donors (Lipinski definition) is 0. The van der Waals surface area contributed by atoms with E-state index in [0.717, 1.165) is 9.26 Å². The summed E-state index contributed by atoms with van der Waals surface area (Å²) in [5, 5.41) is 11.5. The van der Waals surface area contributed by atoms with E-state index in [2.05, 4.69) is 31.3 Å². The van der Waals surface area contributed by atoms with Crippen LogP contribution >= 0.6 is 15.9 Å². The maximum atomic E-state index is 13.3. The van der Waals surface area contributed by atoms with Gasteiger partial charge >= 0.3 is 5.97 Å². The third kappa shape index (κ3) is 5.35. The Labute approximate surface area is 179 Å². The molecule has 0 radical (unpaired) electrons. The fourth-order valence-electron chi connectivity index (χ4n) is 2.36. The van der Waals surface area contributed by atoms with Crippen LogP contribution in [0.2, 0.25) is 0 Å². The summed E-state index contributed by atoms with van der Waals surface area (Å²) in [6.07, 6.45) is 1.32. The van der Waals surface area contributed by atoms with Crippen LogP contribution in [0.1, 0.15) is 33.3 Å². The third-order valence-electron chi connectivity index (χ3n) is 3.75. The molecule has 30 heavy (non-hydrogen) atoms. The summed E-state index contributed by atoms with van der Waals surface area (Å²) in [6, 6.07) is 12.5. The second-order valence-electron chi connectivity index (χ2n) is 5.87. The normalized spacial score (nSPS) is 10.9. The Morgan fingerprint density at radius 1 is 1.23 bits per heavy atom. The van der Waals surface area contributed by atoms with E-state index in [4.69, 9.17) is 9.47 Å². The maximum Gasteiger partial charge on any atom is 0.364 e. The quantitative estimate of drug-likeness (QED) is 0.281. The van der Waals surface area contributed by atoms with Crippen LogP contribution in [0.25, 0.3) is 0 Å². The number of nitrogens with zero attached hydrogens (tertiary/aromatic N) is 4. The van der Waals surface area contributed by atoms with Gasteiger partial charge in [-0.05, 0) is 42.0 Å². The molecule has 0 spiro atoms. The van der Waals surface area contributed by atoms with Crippen molar-refractivity contribution in [3.05, 3.63) is 75.6 Å². The molecule has 0 saturated heterocycles. The molecule has 0 amide bonds. The predicted molar refractivity (Wildman–Crippen MR) is 109 cm³/mol. The number of Topliss-reactive ketones (excluding diaryl/α,β-unsaturated/α-hetero) is 1. The van der Waals surface area contributed by atoms with E-state index < -0.39 is 11.8 Å². The van der Waals surface area contributed by atoms with E-state index in [-0.39, 0.29) is 30.6 Å². The SMILES string of the molecule is CCOC(=O)c1nnn(N=Cc2cccc(F)c2)c1OCC(=O)c1ccc(Br)cc1. The highest BCUT2D eigenvalue weighted by Crippen LogP contribution is 2.18. The van der Waals surface area contributed by atoms with Crippen molar-refractivity contribution in [2.75, 3.05) is 13.2 Å². The fraction of sp³-hybridized carbons (Fsp3) is 0.150. The van der Waals surface area contributed by atoms with Crippen LogP contribution in [-0.4, -0.2) is 46.3 Å². The monoisotopic (exact) mass is 474 g/mol. The molecule has 10 heteroatoms. The third-order valence-corrected chi connectivity index (χ3v) is 4.28. The smallest absolute Gasteiger partial charge is 0.364 e. The van der Waals surface area contributed by atoms with Crippen molar-refractivity contribution >= 4 is 33.9 Å². The molecule has 0 atom stereocenters. The lowest BCUT2D eigenvalue weighted by atomic mass is 10.1. The molecule has 0 saturated carbocycles. The lowest BCUT2D eigenvalue weighted by Crippen LogP contribution is -2.15. The van der Waals surface area contributed by atoms with Gasteiger partial charge in [-0.25, -0.2) is 9.18 Å². The summed E-state index contributed by atoms with van der Waals surface area (Å²) < 4.78 is 24.6. The standard InChI is InChI=1S/C20H16BrFN4O4/c1-2-29-20(28)18-19(30-12-17(27)14-6-8-15(21)9-7-14)26(25-24-18)23-11-13-4-3-5-16(22)10-13/h3-11H,2,12H2,1H3. The van der Waals surface area contributed by atoms with Gasteiger partial charge in [-0.1, -0.05) is 45.0 Å². The number of ketones is 1. The summed E-state index contributed by atoms with van der Waals surface area (Å²) in [5.41, 5.74) is 0.662. The average molecular weight is 475 g/mol. The van der Waals surface area contributed by atoms with Gasteiger partial charge in [-0.2, -0.15) is 5.10 Å². The van der Waals surface area contributed by atoms with E-state index in [9.17, 15) is 14.0 Å². The minimum absolute atomic E-state index is 0.121. The van der Waals surface area contributed by atoms with Gasteiger partial charge in [0.2, 0.25) is 5.69 Å². The number of carbonyl (C=O) groups excluding carboxylic acids is 2. The van der Waals surface area contributed by atoms with Gasteiger partial charge in [-0.15, -0.1) is 5.10 Å². The van der Waals surface area contributed by atoms with Crippen molar-refractivity contribution in [2.45, 2.75) is 6.92 Å². The zero-order valence-corrected chi connectivity index (χ0v) is 17.4. The molecule has 1 heterocycles. The maximum absolute atomic E-state index is 13.3. The number of hydrogen-bond acceptors (Lipinski definition) is 7. The number of halogens is 2. The van der Waals surface area contributed by atoms with Crippen LogP contribution in [0.5, 0.6) is 5.88 Å². The molecule has 0 aliphatic carbocycles. The first-order valence-corrected chi connectivity index (χ1v) is 9.61. The number of rotatable bonds is 8. The zero-order chi connectivity index (χ0) is 21.5. The fourth-order valence-corrected chi connectivity index (χ4v) is 2.62. The van der Waals surface area contributed by atoms with Crippen LogP contribution in [0.3, 0.4) is 0 Å². The van der Waals surface area contributed by atoms with Gasteiger partial charge in [0, 0.05) is 10.0 Å². The van der Waals surface area contributed by atoms with Crippen molar-refractivity contribution < 1.29 is 23.5 Å². The van der Waals surface area contributed by atoms with E-state index in [1.807, 2.05) is 0 Å². The number of carbonyl (C=O) groups is 2. The highest BCUT2D eigenvalue weighted by atomic mass is 79.9. The summed E-state index contributed by atoms with van der Waals surface area (Å²) in [6.45, 7) is 1.38. The van der Waals surface area contributed by atoms with Crippen LogP contribution in [0, 0.1) is 5.82 Å². The Morgan fingerprint density at radius 3 is 2.70 bits per heavy atom. The first-order valence-electron chi connectivity index (χ1n) is 8.82. The van der Waals surface area contributed by atoms with Gasteiger partial charge in [0.05, 0.1) is 12.8 Å². The second-order valence-corrected chi connectivity index (χ2v) is 6.79. The summed E-state index contributed by atoms with van der Waals surface area (Å²) in [5.74, 6) is -1.68. The predicted octanol–water partition coefficient (Wildman–Crippen LogP) is 3.50. The van der Waals surface area contributed by atoms with Crippen molar-refractivity contribution in [1.29, 1.82) is 0 Å². The molecular formula is C20H16BrFN4O4. The molecule has 8 nitrogen and oxygen atoms in total. The molecule has 0 fully saturated rings. The van der Waals surface area contributed by atoms with Crippen LogP contribution < -0.4 is 4.74 Å². The second kappa shape index (κ2) is 9.88. The van der Waals surface area contributed by atoms with Crippen LogP contribution in [-0.2, 0) is 4.74 Å². The minimum Gasteiger partial charge on any atom is -0.466 e. The summed E-state index contributed by atoms with van der Waals surface area (Å²) >= 11 is 3.30. The van der Waals surface area contributed by atoms with E-state index in [1.165, 1.54) is 24.4 Å². The van der Waals surface area contributed by atoms with Gasteiger partial charge in [-0.3, -0.25) is 4.79 Å². The van der Waals surface area contributed by atoms with Gasteiger partial charge in [0.25, 0.3) is 5.88 Å². The Bertz CT molecular complexity index is 1080. The molecule has 0 unspecified atom stereocenters. The average Bonchev–Trinajstić information content (AvgIpc) is 3.14. The Kier molecular flexibility index (Phi) is 7.02. The van der Waals surface area contributed by atoms with E-state index >= 15 is 0 Å². The number of benzene rings is 2. The Morgan fingerprint density at radius 2 is 2.00 bits per heavy atom. The van der Waals surface area contributed by atoms with Crippen molar-refractivity contribution in [3.8, 4) is 5.88 Å². The Balaban J connectivity index is 1.84. The summed E-state index contributed by atoms with van der Waals surface area (Å²) in [4.78, 5) is 25.5. The molecule has 3 rings (SSSR count). The first-order chi connectivity index (χ1) is 14.5. The number of aromatic nitrogens is 3. The van der Waals surface area contributed by atoms with Crippen molar-refractivity contribution in [1.82, 2.24) is 15.1 Å². The molecule has 154 valence electrons.